The quantitative estimate of drug-likeness (QED) is 0.799. The van der Waals surface area contributed by atoms with Gasteiger partial charge in [-0.2, -0.15) is 0 Å². The second-order valence-corrected chi connectivity index (χ2v) is 6.73. The lowest BCUT2D eigenvalue weighted by Gasteiger charge is -2.12. The molecule has 0 spiro atoms. The molecule has 1 aromatic carbocycles. The van der Waals surface area contributed by atoms with E-state index in [0.717, 1.165) is 12.0 Å². The Labute approximate surface area is 156 Å². The van der Waals surface area contributed by atoms with Crippen molar-refractivity contribution in [1.82, 2.24) is 10.3 Å². The molecule has 1 aliphatic rings. The van der Waals surface area contributed by atoms with Crippen molar-refractivity contribution >= 4 is 23.3 Å². The van der Waals surface area contributed by atoms with E-state index < -0.39 is 0 Å². The van der Waals surface area contributed by atoms with Crippen molar-refractivity contribution < 1.29 is 19.1 Å². The molecule has 6 nitrogen and oxygen atoms in total. The number of aryl methyl sites for hydroxylation is 1. The third kappa shape index (κ3) is 3.55. The van der Waals surface area contributed by atoms with Gasteiger partial charge in [0.2, 0.25) is 0 Å². The molecule has 1 aliphatic heterocycles. The van der Waals surface area contributed by atoms with Crippen molar-refractivity contribution in [3.8, 4) is 11.5 Å². The number of halogens is 1. The zero-order valence-electron chi connectivity index (χ0n) is 15.0. The Morgan fingerprint density at radius 3 is 2.65 bits per heavy atom. The van der Waals surface area contributed by atoms with Crippen molar-refractivity contribution in [2.24, 2.45) is 0 Å². The lowest BCUT2D eigenvalue weighted by Crippen LogP contribution is -2.24. The number of amides is 1. The van der Waals surface area contributed by atoms with Crippen LogP contribution in [0.2, 0.25) is 5.02 Å². The van der Waals surface area contributed by atoms with E-state index in [1.165, 1.54) is 6.92 Å². The SMILES string of the molecule is CC(=O)c1c(C)[nH]c(C(=O)NCc2cc(Cl)c3c(c2)OCCCO3)c1C. The van der Waals surface area contributed by atoms with Crippen LogP contribution >= 0.6 is 11.6 Å². The lowest BCUT2D eigenvalue weighted by atomic mass is 10.1. The summed E-state index contributed by atoms with van der Waals surface area (Å²) in [7, 11) is 0. The summed E-state index contributed by atoms with van der Waals surface area (Å²) in [4.78, 5) is 27.2. The number of aromatic nitrogens is 1. The highest BCUT2D eigenvalue weighted by atomic mass is 35.5. The number of carbonyl (C=O) groups is 2. The van der Waals surface area contributed by atoms with E-state index in [4.69, 9.17) is 21.1 Å². The predicted octanol–water partition coefficient (Wildman–Crippen LogP) is 3.58. The highest BCUT2D eigenvalue weighted by Crippen LogP contribution is 2.38. The Bertz CT molecular complexity index is 873. The van der Waals surface area contributed by atoms with Crippen molar-refractivity contribution in [1.29, 1.82) is 0 Å². The third-order valence-corrected chi connectivity index (χ3v) is 4.61. The molecule has 138 valence electrons. The number of fused-ring (bicyclic) bond motifs is 1. The summed E-state index contributed by atoms with van der Waals surface area (Å²) in [6.07, 6.45) is 0.793. The maximum atomic E-state index is 12.5. The normalized spacial score (nSPS) is 13.2. The number of hydrogen-bond acceptors (Lipinski definition) is 4. The molecule has 0 saturated heterocycles. The minimum atomic E-state index is -0.277. The molecule has 26 heavy (non-hydrogen) atoms. The summed E-state index contributed by atoms with van der Waals surface area (Å²) < 4.78 is 11.3. The summed E-state index contributed by atoms with van der Waals surface area (Å²) in [6.45, 7) is 6.44. The first-order chi connectivity index (χ1) is 12.4. The van der Waals surface area contributed by atoms with Crippen LogP contribution in [0.25, 0.3) is 0 Å². The molecule has 0 saturated carbocycles. The molecule has 0 atom stereocenters. The van der Waals surface area contributed by atoms with E-state index in [-0.39, 0.29) is 18.2 Å². The minimum Gasteiger partial charge on any atom is -0.489 e. The molecule has 2 aromatic rings. The molecular formula is C19H21ClN2O4. The molecular weight excluding hydrogens is 356 g/mol. The second-order valence-electron chi connectivity index (χ2n) is 6.32. The van der Waals surface area contributed by atoms with E-state index in [9.17, 15) is 9.59 Å². The van der Waals surface area contributed by atoms with Crippen LogP contribution in [0, 0.1) is 13.8 Å². The highest BCUT2D eigenvalue weighted by Gasteiger charge is 2.20. The van der Waals surface area contributed by atoms with Crippen molar-refractivity contribution in [2.75, 3.05) is 13.2 Å². The number of nitrogens with one attached hydrogen (secondary N) is 2. The highest BCUT2D eigenvalue weighted by molar-refractivity contribution is 6.32. The van der Waals surface area contributed by atoms with Gasteiger partial charge in [-0.1, -0.05) is 11.6 Å². The predicted molar refractivity (Wildman–Crippen MR) is 98.5 cm³/mol. The summed E-state index contributed by atoms with van der Waals surface area (Å²) in [5, 5.41) is 3.31. The van der Waals surface area contributed by atoms with Gasteiger partial charge in [0.25, 0.3) is 5.91 Å². The maximum absolute atomic E-state index is 12.5. The Morgan fingerprint density at radius 2 is 1.96 bits per heavy atom. The topological polar surface area (TPSA) is 80.4 Å². The largest absolute Gasteiger partial charge is 0.489 e. The summed E-state index contributed by atoms with van der Waals surface area (Å²) in [6, 6.07) is 3.57. The molecule has 1 aromatic heterocycles. The van der Waals surface area contributed by atoms with Gasteiger partial charge in [0, 0.05) is 24.2 Å². The van der Waals surface area contributed by atoms with Crippen molar-refractivity contribution in [3.05, 3.63) is 45.2 Å². The number of ketones is 1. The molecule has 0 unspecified atom stereocenters. The van der Waals surface area contributed by atoms with Gasteiger partial charge >= 0.3 is 0 Å². The van der Waals surface area contributed by atoms with Crippen LogP contribution in [0.15, 0.2) is 12.1 Å². The zero-order valence-corrected chi connectivity index (χ0v) is 15.8. The van der Waals surface area contributed by atoms with Crippen molar-refractivity contribution in [3.63, 3.8) is 0 Å². The van der Waals surface area contributed by atoms with E-state index in [1.54, 1.807) is 19.9 Å². The first-order valence-electron chi connectivity index (χ1n) is 8.44. The molecule has 0 fully saturated rings. The number of aromatic amines is 1. The molecule has 7 heteroatoms. The van der Waals surface area contributed by atoms with Crippen LogP contribution < -0.4 is 14.8 Å². The monoisotopic (exact) mass is 376 g/mol. The van der Waals surface area contributed by atoms with Gasteiger partial charge in [-0.15, -0.1) is 0 Å². The average molecular weight is 377 g/mol. The smallest absolute Gasteiger partial charge is 0.268 e. The van der Waals surface area contributed by atoms with Crippen LogP contribution in [0.1, 0.15) is 51.0 Å². The number of H-pyrrole nitrogens is 1. The fourth-order valence-corrected chi connectivity index (χ4v) is 3.45. The van der Waals surface area contributed by atoms with Crippen LogP contribution in [0.5, 0.6) is 11.5 Å². The fraction of sp³-hybridized carbons (Fsp3) is 0.368. The van der Waals surface area contributed by atoms with Crippen LogP contribution in [0.3, 0.4) is 0 Å². The first-order valence-corrected chi connectivity index (χ1v) is 8.82. The molecule has 0 radical (unpaired) electrons. The van der Waals surface area contributed by atoms with Crippen LogP contribution in [-0.4, -0.2) is 29.9 Å². The number of ether oxygens (including phenoxy) is 2. The number of Topliss-reactive ketones (excluding diaryl/α,β-unsaturated/α-hetero) is 1. The average Bonchev–Trinajstić information content (AvgIpc) is 2.74. The van der Waals surface area contributed by atoms with Gasteiger partial charge in [0.15, 0.2) is 17.3 Å². The van der Waals surface area contributed by atoms with E-state index in [2.05, 4.69) is 10.3 Å². The first kappa shape index (κ1) is 18.3. The number of benzene rings is 1. The van der Waals surface area contributed by atoms with Gasteiger partial charge in [0.05, 0.1) is 18.2 Å². The van der Waals surface area contributed by atoms with Gasteiger partial charge in [-0.25, -0.2) is 0 Å². The third-order valence-electron chi connectivity index (χ3n) is 4.33. The Hall–Kier alpha value is -2.47. The molecule has 1 amide bonds. The summed E-state index contributed by atoms with van der Waals surface area (Å²) >= 11 is 6.27. The molecule has 0 bridgehead atoms. The Kier molecular flexibility index (Phi) is 5.23. The Balaban J connectivity index is 1.76. The standard InChI is InChI=1S/C19H21ClN2O4/c1-10-16(12(3)23)11(2)22-17(10)19(24)21-9-13-7-14(20)18-15(8-13)25-5-4-6-26-18/h7-8,22H,4-6,9H2,1-3H3,(H,21,24). The van der Waals surface area contributed by atoms with Gasteiger partial charge in [-0.05, 0) is 44.0 Å². The van der Waals surface area contributed by atoms with Crippen molar-refractivity contribution in [2.45, 2.75) is 33.7 Å². The van der Waals surface area contributed by atoms with Crippen LogP contribution in [-0.2, 0) is 6.54 Å². The molecule has 2 N–H and O–H groups in total. The number of rotatable bonds is 4. The fourth-order valence-electron chi connectivity index (χ4n) is 3.16. The lowest BCUT2D eigenvalue weighted by molar-refractivity contribution is 0.0945. The second kappa shape index (κ2) is 7.41. The minimum absolute atomic E-state index is 0.0648. The number of carbonyl (C=O) groups excluding carboxylic acids is 2. The molecule has 0 aliphatic carbocycles. The van der Waals surface area contributed by atoms with E-state index in [0.29, 0.717) is 52.3 Å². The molecule has 2 heterocycles. The molecule has 3 rings (SSSR count). The Morgan fingerprint density at radius 1 is 1.23 bits per heavy atom. The van der Waals surface area contributed by atoms with Crippen LogP contribution in [0.4, 0.5) is 0 Å². The zero-order chi connectivity index (χ0) is 18.8. The van der Waals surface area contributed by atoms with Gasteiger partial charge < -0.3 is 19.8 Å². The maximum Gasteiger partial charge on any atom is 0.268 e. The van der Waals surface area contributed by atoms with E-state index in [1.807, 2.05) is 6.07 Å². The number of hydrogen-bond donors (Lipinski definition) is 2. The van der Waals surface area contributed by atoms with Gasteiger partial charge in [0.1, 0.15) is 5.69 Å². The summed E-state index contributed by atoms with van der Waals surface area (Å²) in [5.41, 5.74) is 3.12. The summed E-state index contributed by atoms with van der Waals surface area (Å²) in [5.74, 6) is 0.789. The van der Waals surface area contributed by atoms with E-state index >= 15 is 0 Å². The van der Waals surface area contributed by atoms with Gasteiger partial charge in [-0.3, -0.25) is 9.59 Å².